The number of methoxy groups -OCH3 is 1. The van der Waals surface area contributed by atoms with Gasteiger partial charge in [-0.15, -0.1) is 40.8 Å². The number of halogens is 18. The molecule has 8 aliphatic heterocycles. The molecule has 4 fully saturated rings. The molecule has 3 aromatic carbocycles. The van der Waals surface area contributed by atoms with Gasteiger partial charge in [0.05, 0.1) is 94.3 Å². The van der Waals surface area contributed by atoms with Crippen LogP contribution in [-0.4, -0.2) is 225 Å². The third-order valence-corrected chi connectivity index (χ3v) is 28.4. The van der Waals surface area contributed by atoms with Gasteiger partial charge in [0.15, 0.2) is 34.9 Å². The molecule has 8 aliphatic rings. The number of benzene rings is 3. The van der Waals surface area contributed by atoms with Gasteiger partial charge < -0.3 is 66.9 Å². The van der Waals surface area contributed by atoms with Crippen molar-refractivity contribution in [2.45, 2.75) is 137 Å². The molecule has 4 amide bonds. The number of carbonyl (C=O) groups excluding carboxylic acids is 5. The molecule has 748 valence electrons. The van der Waals surface area contributed by atoms with E-state index in [0.29, 0.717) is 126 Å². The normalized spacial score (nSPS) is 20.7. The first-order valence-electron chi connectivity index (χ1n) is 45.4. The number of aromatic nitrogens is 17. The molecule has 0 radical (unpaired) electrons. The molecule has 0 spiro atoms. The van der Waals surface area contributed by atoms with Gasteiger partial charge in [0.2, 0.25) is 46.9 Å². The Morgan fingerprint density at radius 3 is 1.23 bits per heavy atom. The molecule has 8 atom stereocenters. The number of nitrogens with zero attached hydrogens (tertiary/aromatic N) is 25. The van der Waals surface area contributed by atoms with Gasteiger partial charge in [0.1, 0.15) is 22.4 Å². The molecular formula is C91H91BrCl3F14N25O7. The average molecular weight is 2100 g/mol. The Morgan fingerprint density at radius 2 is 0.809 bits per heavy atom. The molecule has 17 heterocycles. The highest BCUT2D eigenvalue weighted by molar-refractivity contribution is 9.10. The number of fused-ring (bicyclic) bond motifs is 8. The lowest BCUT2D eigenvalue weighted by Crippen LogP contribution is -2.49. The van der Waals surface area contributed by atoms with Crippen LogP contribution in [0, 0.1) is 59.0 Å². The Labute approximate surface area is 818 Å². The quantitative estimate of drug-likeness (QED) is 0.0857. The molecule has 0 unspecified atom stereocenters. The van der Waals surface area contributed by atoms with E-state index in [0.717, 1.165) is 50.5 Å². The molecule has 0 saturated carbocycles. The first-order chi connectivity index (χ1) is 67.0. The van der Waals surface area contributed by atoms with Crippen LogP contribution in [0.4, 0.5) is 84.2 Å². The van der Waals surface area contributed by atoms with Gasteiger partial charge in [0.25, 0.3) is 0 Å². The van der Waals surface area contributed by atoms with Crippen LogP contribution in [0.3, 0.4) is 0 Å². The average Bonchev–Trinajstić information content (AvgIpc) is 1.77. The number of piperidine rings is 4. The minimum atomic E-state index is -4.61. The van der Waals surface area contributed by atoms with Crippen LogP contribution in [-0.2, 0) is 101 Å². The molecular weight excluding hydrogens is 2010 g/mol. The van der Waals surface area contributed by atoms with E-state index in [1.54, 1.807) is 58.4 Å². The summed E-state index contributed by atoms with van der Waals surface area (Å²) in [4.78, 5) is 102. The number of pyridine rings is 5. The van der Waals surface area contributed by atoms with Gasteiger partial charge >= 0.3 is 30.7 Å². The van der Waals surface area contributed by atoms with Gasteiger partial charge in [-0.05, 0) is 117 Å². The van der Waals surface area contributed by atoms with Crippen LogP contribution in [0.2, 0.25) is 15.1 Å². The van der Waals surface area contributed by atoms with E-state index in [2.05, 4.69) is 91.4 Å². The van der Waals surface area contributed by atoms with E-state index in [1.165, 1.54) is 42.6 Å². The summed E-state index contributed by atoms with van der Waals surface area (Å²) in [5, 5.41) is 31.2. The van der Waals surface area contributed by atoms with Crippen molar-refractivity contribution in [1.82, 2.24) is 104 Å². The number of carbonyl (C=O) groups is 5. The highest BCUT2D eigenvalue weighted by Crippen LogP contribution is 2.46. The second-order valence-electron chi connectivity index (χ2n) is 36.0. The highest BCUT2D eigenvalue weighted by atomic mass is 79.9. The summed E-state index contributed by atoms with van der Waals surface area (Å²) in [6.07, 6.45) is -8.33. The molecule has 0 aliphatic carbocycles. The zero-order valence-corrected chi connectivity index (χ0v) is 80.2. The molecule has 20 rings (SSSR count). The fourth-order valence-corrected chi connectivity index (χ4v) is 21.3. The second-order valence-corrected chi connectivity index (χ2v) is 38.1. The van der Waals surface area contributed by atoms with E-state index < -0.39 is 65.6 Å². The van der Waals surface area contributed by atoms with Crippen LogP contribution in [0.15, 0.2) is 96.1 Å². The van der Waals surface area contributed by atoms with E-state index >= 15 is 0 Å². The van der Waals surface area contributed by atoms with Crippen molar-refractivity contribution >= 4 is 147 Å². The number of amides is 4. The van der Waals surface area contributed by atoms with Gasteiger partial charge in [0, 0.05) is 180 Å². The number of rotatable bonds is 11. The maximum absolute atomic E-state index is 14.8. The molecule has 9 aromatic heterocycles. The monoisotopic (exact) mass is 2100 g/mol. The largest absolute Gasteiger partial charge is 0.494 e. The molecule has 12 aromatic rings. The van der Waals surface area contributed by atoms with Gasteiger partial charge in [-0.3, -0.25) is 44.1 Å². The fourth-order valence-electron chi connectivity index (χ4n) is 20.2. The Hall–Kier alpha value is -12.3. The van der Waals surface area contributed by atoms with E-state index in [4.69, 9.17) is 44.3 Å². The van der Waals surface area contributed by atoms with Crippen LogP contribution in [0.1, 0.15) is 117 Å². The number of hydrogen-bond acceptors (Lipinski definition) is 24. The lowest BCUT2D eigenvalue weighted by molar-refractivity contribution is -0.149. The first kappa shape index (κ1) is 100. The van der Waals surface area contributed by atoms with Gasteiger partial charge in [-0.25, -0.2) is 13.6 Å². The number of hydrogen-bond donors (Lipinski definition) is 0. The van der Waals surface area contributed by atoms with Crippen LogP contribution in [0.25, 0.3) is 43.7 Å². The predicted molar refractivity (Wildman–Crippen MR) is 490 cm³/mol. The Morgan fingerprint density at radius 1 is 0.411 bits per heavy atom. The third-order valence-electron chi connectivity index (χ3n) is 27.1. The molecule has 50 heteroatoms. The van der Waals surface area contributed by atoms with Crippen LogP contribution < -0.4 is 24.3 Å². The van der Waals surface area contributed by atoms with E-state index in [9.17, 15) is 85.4 Å². The minimum absolute atomic E-state index is 0.0101. The maximum Gasteiger partial charge on any atom is 0.451 e. The van der Waals surface area contributed by atoms with Crippen LogP contribution in [0.5, 0.6) is 5.75 Å². The summed E-state index contributed by atoms with van der Waals surface area (Å²) in [7, 11) is 1.38. The summed E-state index contributed by atoms with van der Waals surface area (Å²) < 4.78 is 202. The zero-order valence-electron chi connectivity index (χ0n) is 76.3. The number of ether oxygens (including phenoxy) is 2. The van der Waals surface area contributed by atoms with E-state index in [-0.39, 0.29) is 196 Å². The topological polar surface area (TPSA) is 317 Å². The number of anilines is 4. The van der Waals surface area contributed by atoms with Crippen molar-refractivity contribution in [2.75, 3.05) is 112 Å². The Balaban J connectivity index is 0.000000130. The molecule has 141 heavy (non-hydrogen) atoms. The fraction of sp³-hybridized carbons (Fsp3) is 0.473. The molecule has 4 saturated heterocycles. The van der Waals surface area contributed by atoms with Crippen molar-refractivity contribution in [3.05, 3.63) is 175 Å². The SMILES string of the molecule is CCOC(=O)c1cnc2ccc(F)cc2c1N1CC[C@H](C(=O)N2CCn3c(nnc3C(F)(F)F)C2)[C@H](C)C1.COc1ccc2c(N3CC[C@H](C(=O)N4CCn5c(nnc5C(F)(F)F)C4)[C@H](C)C3)c(Cl)cnc2c1F.C[C@@H]1CN(c2c(Cl)cnc3cc(Br)ccc23)CC[C@@H]1C(=O)N1CCn2c(nnc2C(F)(F)F)C1.C[C@@H]1CN(c2ccnc3cc(Cl)cnc23)CC[C@@H]1C(=O)N1CCn2c(nnc2C(F)(F)F)C1. The zero-order chi connectivity index (χ0) is 100. The van der Waals surface area contributed by atoms with Crippen molar-refractivity contribution < 1.29 is 94.9 Å². The molecule has 0 bridgehead atoms. The summed E-state index contributed by atoms with van der Waals surface area (Å²) in [5.74, 6) is -6.75. The summed E-state index contributed by atoms with van der Waals surface area (Å²) >= 11 is 22.5. The first-order valence-corrected chi connectivity index (χ1v) is 47.3. The van der Waals surface area contributed by atoms with Gasteiger partial charge in [-0.1, -0.05) is 78.4 Å². The maximum atomic E-state index is 14.8. The standard InChI is InChI=1S/C25H26F4N6O3.C23H23ClF4N6O2.C22H21BrClF3N6O.C21H21ClF3N7O/c1-3-38-23(37)18-11-30-19-5-4-15(26)10-17(19)21(18)33-7-6-16(14(2)12-33)22(36)34-8-9-35-20(13-34)31-32-24(35)25(27,28)29;1-12-10-32(20-14-3-4-16(36-2)18(25)19(14)29-9-15(20)24)6-5-13(12)21(35)33-7-8-34-17(11-33)30-31-22(34)23(26,27)28;1-12-10-31(19-15-3-2-13(23)8-17(15)28-9-16(19)24)5-4-14(12)20(34)32-6-7-33-18(11-32)29-30-21(33)22(25,26)27;1-12-10-30(16-2-4-26-15-8-13(22)9-27-18(15)16)5-3-14(12)19(33)31-6-7-32-17(11-31)28-29-20(32)21(23,24)25/h4-5,10-11,14,16H,3,6-9,12-13H2,1-2H3;3-4,9,12-13H,5-8,10-11H2,1-2H3;2-3,8-9,12,14H,4-7,10-11H2,1H3;2,4,8-9,12,14H,3,5-7,10-11H2,1H3/t14-,16+;12-,13+;2*12-,14+/m1111/s1. The van der Waals surface area contributed by atoms with Gasteiger partial charge in [-0.2, -0.15) is 52.7 Å². The summed E-state index contributed by atoms with van der Waals surface area (Å²) in [5.41, 5.74) is 6.20. The van der Waals surface area contributed by atoms with E-state index in [1.807, 2.05) is 61.8 Å². The highest BCUT2D eigenvalue weighted by Gasteiger charge is 2.48. The van der Waals surface area contributed by atoms with Crippen molar-refractivity contribution in [3.63, 3.8) is 0 Å². The summed E-state index contributed by atoms with van der Waals surface area (Å²) in [6, 6.07) is 17.0. The minimum Gasteiger partial charge on any atom is -0.494 e. The predicted octanol–water partition coefficient (Wildman–Crippen LogP) is 16.0. The third kappa shape index (κ3) is 20.5. The van der Waals surface area contributed by atoms with Crippen molar-refractivity contribution in [1.29, 1.82) is 0 Å². The number of esters is 1. The Kier molecular flexibility index (Phi) is 28.6. The molecule has 32 nitrogen and oxygen atoms in total. The molecule has 0 N–H and O–H groups in total. The van der Waals surface area contributed by atoms with Crippen molar-refractivity contribution in [2.24, 2.45) is 47.3 Å². The lowest BCUT2D eigenvalue weighted by atomic mass is 9.85. The lowest BCUT2D eigenvalue weighted by Gasteiger charge is -2.41. The van der Waals surface area contributed by atoms with Crippen molar-refractivity contribution in [3.8, 4) is 5.75 Å². The smallest absolute Gasteiger partial charge is 0.451 e. The Bertz CT molecular complexity index is 6790. The second kappa shape index (κ2) is 40.3. The summed E-state index contributed by atoms with van der Waals surface area (Å²) in [6.45, 7) is 14.9. The number of alkyl halides is 12. The van der Waals surface area contributed by atoms with Crippen LogP contribution >= 0.6 is 50.7 Å².